The van der Waals surface area contributed by atoms with Crippen LogP contribution in [0.25, 0.3) is 0 Å². The number of carbonyl (C=O) groups is 1. The van der Waals surface area contributed by atoms with Crippen molar-refractivity contribution in [3.63, 3.8) is 0 Å². The molecule has 3 N–H and O–H groups in total. The van der Waals surface area contributed by atoms with Gasteiger partial charge in [0.15, 0.2) is 0 Å². The summed E-state index contributed by atoms with van der Waals surface area (Å²) in [6.45, 7) is 0. The summed E-state index contributed by atoms with van der Waals surface area (Å²) < 4.78 is 5.45. The first kappa shape index (κ1) is 15.7. The molecule has 0 aliphatic heterocycles. The third-order valence-electron chi connectivity index (χ3n) is 3.22. The van der Waals surface area contributed by atoms with E-state index in [4.69, 9.17) is 10.2 Å². The van der Waals surface area contributed by atoms with E-state index < -0.39 is 6.04 Å². The quantitative estimate of drug-likeness (QED) is 0.825. The van der Waals surface area contributed by atoms with Crippen LogP contribution in [0.2, 0.25) is 0 Å². The summed E-state index contributed by atoms with van der Waals surface area (Å²) in [5, 5.41) is 2.98. The summed E-state index contributed by atoms with van der Waals surface area (Å²) in [5.74, 6) is 1.41. The van der Waals surface area contributed by atoms with E-state index >= 15 is 0 Å². The van der Waals surface area contributed by atoms with Crippen LogP contribution in [0.1, 0.15) is 23.8 Å². The Hall–Kier alpha value is -1.72. The molecule has 0 aliphatic rings. The molecule has 2 atom stereocenters. The summed E-state index contributed by atoms with van der Waals surface area (Å²) >= 11 is 1.68. The first-order valence-electron chi connectivity index (χ1n) is 6.85. The molecule has 21 heavy (non-hydrogen) atoms. The number of hydrogen-bond donors (Lipinski definition) is 2. The summed E-state index contributed by atoms with van der Waals surface area (Å²) in [4.78, 5) is 12.2. The normalized spacial score (nSPS) is 13.6. The lowest BCUT2D eigenvalue weighted by molar-refractivity contribution is -0.123. The minimum Gasteiger partial charge on any atom is -0.467 e. The molecular formula is C16H20N2O2S. The Balaban J connectivity index is 2.12. The van der Waals surface area contributed by atoms with Gasteiger partial charge in [-0.1, -0.05) is 30.3 Å². The van der Waals surface area contributed by atoms with Crippen LogP contribution in [0, 0.1) is 0 Å². The van der Waals surface area contributed by atoms with E-state index in [1.165, 1.54) is 0 Å². The minimum absolute atomic E-state index is 0.158. The molecule has 4 nitrogen and oxygen atoms in total. The number of carbonyl (C=O) groups excluding carboxylic acids is 1. The average molecular weight is 304 g/mol. The summed E-state index contributed by atoms with van der Waals surface area (Å²) in [6, 6.07) is 12.6. The fourth-order valence-electron chi connectivity index (χ4n) is 2.04. The fraction of sp³-hybridized carbons (Fsp3) is 0.312. The highest BCUT2D eigenvalue weighted by Gasteiger charge is 2.22. The van der Waals surface area contributed by atoms with E-state index in [1.54, 1.807) is 18.0 Å². The van der Waals surface area contributed by atoms with Gasteiger partial charge in [0, 0.05) is 0 Å². The lowest BCUT2D eigenvalue weighted by Gasteiger charge is -2.19. The van der Waals surface area contributed by atoms with Crippen LogP contribution >= 0.6 is 11.8 Å². The molecule has 2 aromatic rings. The van der Waals surface area contributed by atoms with Gasteiger partial charge in [0.05, 0.1) is 12.3 Å². The molecule has 1 unspecified atom stereocenters. The Morgan fingerprint density at radius 3 is 2.67 bits per heavy atom. The van der Waals surface area contributed by atoms with E-state index in [-0.39, 0.29) is 11.9 Å². The van der Waals surface area contributed by atoms with Gasteiger partial charge in [-0.2, -0.15) is 11.8 Å². The Bertz CT molecular complexity index is 543. The van der Waals surface area contributed by atoms with Crippen molar-refractivity contribution in [1.82, 2.24) is 5.32 Å². The SMILES string of the molecule is CSCC[C@@H](N)C(=O)NC(c1ccccc1)c1ccco1. The number of benzene rings is 1. The van der Waals surface area contributed by atoms with E-state index in [0.717, 1.165) is 11.3 Å². The number of rotatable bonds is 7. The topological polar surface area (TPSA) is 68.3 Å². The highest BCUT2D eigenvalue weighted by Crippen LogP contribution is 2.22. The Morgan fingerprint density at radius 2 is 2.05 bits per heavy atom. The molecule has 5 heteroatoms. The van der Waals surface area contributed by atoms with Crippen molar-refractivity contribution in [1.29, 1.82) is 0 Å². The molecule has 0 saturated carbocycles. The molecule has 0 spiro atoms. The highest BCUT2D eigenvalue weighted by atomic mass is 32.2. The maximum Gasteiger partial charge on any atom is 0.237 e. The van der Waals surface area contributed by atoms with Gasteiger partial charge in [-0.15, -0.1) is 0 Å². The van der Waals surface area contributed by atoms with Gasteiger partial charge >= 0.3 is 0 Å². The minimum atomic E-state index is -0.501. The molecule has 1 aromatic carbocycles. The number of hydrogen-bond acceptors (Lipinski definition) is 4. The monoisotopic (exact) mass is 304 g/mol. The van der Waals surface area contributed by atoms with Crippen LogP contribution in [0.15, 0.2) is 53.1 Å². The van der Waals surface area contributed by atoms with Crippen LogP contribution in [0.5, 0.6) is 0 Å². The van der Waals surface area contributed by atoms with Crippen molar-refractivity contribution in [3.8, 4) is 0 Å². The van der Waals surface area contributed by atoms with Crippen LogP contribution < -0.4 is 11.1 Å². The maximum atomic E-state index is 12.2. The van der Waals surface area contributed by atoms with Crippen molar-refractivity contribution in [2.45, 2.75) is 18.5 Å². The van der Waals surface area contributed by atoms with Crippen LogP contribution in [0.3, 0.4) is 0 Å². The van der Waals surface area contributed by atoms with Crippen LogP contribution in [0.4, 0.5) is 0 Å². The Labute approximate surface area is 129 Å². The molecular weight excluding hydrogens is 284 g/mol. The van der Waals surface area contributed by atoms with Crippen LogP contribution in [-0.2, 0) is 4.79 Å². The van der Waals surface area contributed by atoms with Gasteiger partial charge in [0.25, 0.3) is 0 Å². The second kappa shape index (κ2) is 7.90. The number of thioether (sulfide) groups is 1. The molecule has 1 aromatic heterocycles. The van der Waals surface area contributed by atoms with Gasteiger partial charge < -0.3 is 15.5 Å². The van der Waals surface area contributed by atoms with E-state index in [9.17, 15) is 4.79 Å². The molecule has 0 bridgehead atoms. The molecule has 2 rings (SSSR count). The first-order chi connectivity index (χ1) is 10.2. The zero-order valence-corrected chi connectivity index (χ0v) is 12.8. The van der Waals surface area contributed by atoms with Gasteiger partial charge in [-0.25, -0.2) is 0 Å². The Morgan fingerprint density at radius 1 is 1.29 bits per heavy atom. The standard InChI is InChI=1S/C16H20N2O2S/c1-21-11-9-13(17)16(19)18-15(14-8-5-10-20-14)12-6-3-2-4-7-12/h2-8,10,13,15H,9,11,17H2,1H3,(H,18,19)/t13-,15?/m1/s1. The number of amides is 1. The maximum absolute atomic E-state index is 12.2. The second-order valence-corrected chi connectivity index (χ2v) is 5.74. The zero-order chi connectivity index (χ0) is 15.1. The van der Waals surface area contributed by atoms with Gasteiger partial charge in [0.1, 0.15) is 11.8 Å². The molecule has 0 aliphatic carbocycles. The third-order valence-corrected chi connectivity index (χ3v) is 3.86. The third kappa shape index (κ3) is 4.37. The van der Waals surface area contributed by atoms with E-state index in [1.807, 2.05) is 48.7 Å². The van der Waals surface area contributed by atoms with Crippen molar-refractivity contribution in [2.75, 3.05) is 12.0 Å². The van der Waals surface area contributed by atoms with Gasteiger partial charge in [-0.3, -0.25) is 4.79 Å². The molecule has 0 radical (unpaired) electrons. The summed E-state index contributed by atoms with van der Waals surface area (Å²) in [6.07, 6.45) is 4.26. The zero-order valence-electron chi connectivity index (χ0n) is 12.0. The van der Waals surface area contributed by atoms with Crippen molar-refractivity contribution >= 4 is 17.7 Å². The predicted octanol–water partition coefficient (Wildman–Crippen LogP) is 2.57. The van der Waals surface area contributed by atoms with Crippen molar-refractivity contribution in [3.05, 3.63) is 60.1 Å². The Kier molecular flexibility index (Phi) is 5.90. The summed E-state index contributed by atoms with van der Waals surface area (Å²) in [7, 11) is 0. The molecule has 112 valence electrons. The number of nitrogens with one attached hydrogen (secondary N) is 1. The largest absolute Gasteiger partial charge is 0.467 e. The molecule has 0 fully saturated rings. The van der Waals surface area contributed by atoms with Gasteiger partial charge in [-0.05, 0) is 36.1 Å². The fourth-order valence-corrected chi connectivity index (χ4v) is 2.53. The predicted molar refractivity (Wildman–Crippen MR) is 86.1 cm³/mol. The first-order valence-corrected chi connectivity index (χ1v) is 8.25. The molecule has 1 amide bonds. The summed E-state index contributed by atoms with van der Waals surface area (Å²) in [5.41, 5.74) is 6.90. The molecule has 0 saturated heterocycles. The average Bonchev–Trinajstić information content (AvgIpc) is 3.04. The van der Waals surface area contributed by atoms with Gasteiger partial charge in [0.2, 0.25) is 5.91 Å². The lowest BCUT2D eigenvalue weighted by Crippen LogP contribution is -2.42. The van der Waals surface area contributed by atoms with E-state index in [0.29, 0.717) is 12.2 Å². The second-order valence-electron chi connectivity index (χ2n) is 4.76. The smallest absolute Gasteiger partial charge is 0.237 e. The van der Waals surface area contributed by atoms with Crippen molar-refractivity contribution in [2.24, 2.45) is 5.73 Å². The number of furan rings is 1. The van der Waals surface area contributed by atoms with Crippen LogP contribution in [-0.4, -0.2) is 24.0 Å². The number of nitrogens with two attached hydrogens (primary N) is 1. The van der Waals surface area contributed by atoms with Crippen molar-refractivity contribution < 1.29 is 9.21 Å². The van der Waals surface area contributed by atoms with E-state index in [2.05, 4.69) is 5.32 Å². The lowest BCUT2D eigenvalue weighted by atomic mass is 10.0. The molecule has 1 heterocycles. The highest BCUT2D eigenvalue weighted by molar-refractivity contribution is 7.98.